The standard InChI is InChI=1S/C14H10O5S/c1-8-4-2-5-9-12(15)10-6-3-7-11(20(16,17)18)14(10)19-13(8)9/h2-7H,1H3,(H,16,17,18). The van der Waals surface area contributed by atoms with E-state index < -0.39 is 15.0 Å². The monoisotopic (exact) mass is 290 g/mol. The van der Waals surface area contributed by atoms with Crippen molar-refractivity contribution in [1.29, 1.82) is 0 Å². The topological polar surface area (TPSA) is 84.6 Å². The zero-order chi connectivity index (χ0) is 14.5. The van der Waals surface area contributed by atoms with Crippen LogP contribution in [0.4, 0.5) is 0 Å². The van der Waals surface area contributed by atoms with Crippen molar-refractivity contribution in [2.45, 2.75) is 11.8 Å². The molecule has 0 spiro atoms. The summed E-state index contributed by atoms with van der Waals surface area (Å²) in [7, 11) is -4.46. The van der Waals surface area contributed by atoms with Crippen molar-refractivity contribution < 1.29 is 17.4 Å². The van der Waals surface area contributed by atoms with E-state index in [0.717, 1.165) is 0 Å². The first-order chi connectivity index (χ1) is 9.39. The fourth-order valence-electron chi connectivity index (χ4n) is 2.22. The Morgan fingerprint density at radius 2 is 1.60 bits per heavy atom. The molecular weight excluding hydrogens is 280 g/mol. The summed E-state index contributed by atoms with van der Waals surface area (Å²) in [4.78, 5) is 12.0. The van der Waals surface area contributed by atoms with Crippen LogP contribution in [0.1, 0.15) is 5.56 Å². The van der Waals surface area contributed by atoms with Gasteiger partial charge in [-0.1, -0.05) is 18.2 Å². The molecule has 0 amide bonds. The van der Waals surface area contributed by atoms with Gasteiger partial charge in [0.25, 0.3) is 10.1 Å². The predicted molar refractivity (Wildman–Crippen MR) is 74.5 cm³/mol. The molecule has 1 aromatic heterocycles. The Morgan fingerprint density at radius 1 is 1.00 bits per heavy atom. The summed E-state index contributed by atoms with van der Waals surface area (Å²) in [6.07, 6.45) is 0. The maximum Gasteiger partial charge on any atom is 0.298 e. The molecule has 0 atom stereocenters. The van der Waals surface area contributed by atoms with Gasteiger partial charge in [0.05, 0.1) is 10.8 Å². The third-order valence-electron chi connectivity index (χ3n) is 3.16. The molecule has 0 bridgehead atoms. The van der Waals surface area contributed by atoms with E-state index in [1.165, 1.54) is 18.2 Å². The van der Waals surface area contributed by atoms with Crippen molar-refractivity contribution in [1.82, 2.24) is 0 Å². The molecule has 0 saturated carbocycles. The highest BCUT2D eigenvalue weighted by Crippen LogP contribution is 2.26. The van der Waals surface area contributed by atoms with Gasteiger partial charge in [-0.15, -0.1) is 0 Å². The summed E-state index contributed by atoms with van der Waals surface area (Å²) in [5.41, 5.74) is 0.588. The number of hydrogen-bond acceptors (Lipinski definition) is 4. The van der Waals surface area contributed by atoms with Gasteiger partial charge < -0.3 is 4.42 Å². The second-order valence-corrected chi connectivity index (χ2v) is 5.88. The lowest BCUT2D eigenvalue weighted by Crippen LogP contribution is -2.06. The molecule has 20 heavy (non-hydrogen) atoms. The highest BCUT2D eigenvalue weighted by atomic mass is 32.2. The molecule has 6 heteroatoms. The van der Waals surface area contributed by atoms with Gasteiger partial charge in [-0.3, -0.25) is 9.35 Å². The third kappa shape index (κ3) is 1.81. The first kappa shape index (κ1) is 12.8. The number of aryl methyl sites for hydroxylation is 1. The fraction of sp³-hybridized carbons (Fsp3) is 0.0714. The summed E-state index contributed by atoms with van der Waals surface area (Å²) in [5.74, 6) is 0. The Labute approximate surface area is 114 Å². The summed E-state index contributed by atoms with van der Waals surface area (Å²) in [6.45, 7) is 1.76. The van der Waals surface area contributed by atoms with Crippen LogP contribution in [0.25, 0.3) is 21.9 Å². The Morgan fingerprint density at radius 3 is 2.25 bits per heavy atom. The molecule has 1 N–H and O–H groups in total. The first-order valence-corrected chi connectivity index (χ1v) is 7.26. The van der Waals surface area contributed by atoms with Gasteiger partial charge >= 0.3 is 0 Å². The van der Waals surface area contributed by atoms with Crippen molar-refractivity contribution in [2.24, 2.45) is 0 Å². The molecular formula is C14H10O5S. The number of benzene rings is 2. The molecule has 0 aliphatic rings. The molecule has 0 radical (unpaired) electrons. The Hall–Kier alpha value is -2.18. The van der Waals surface area contributed by atoms with Crippen LogP contribution in [-0.2, 0) is 10.1 Å². The predicted octanol–water partition coefficient (Wildman–Crippen LogP) is 2.50. The Balaban J connectivity index is 2.65. The van der Waals surface area contributed by atoms with E-state index in [0.29, 0.717) is 16.5 Å². The third-order valence-corrected chi connectivity index (χ3v) is 4.04. The average Bonchev–Trinajstić information content (AvgIpc) is 2.39. The number of hydrogen-bond donors (Lipinski definition) is 1. The minimum absolute atomic E-state index is 0.123. The second kappa shape index (κ2) is 4.16. The maximum absolute atomic E-state index is 12.4. The lowest BCUT2D eigenvalue weighted by atomic mass is 10.1. The second-order valence-electron chi connectivity index (χ2n) is 4.49. The number of para-hydroxylation sites is 2. The Bertz CT molecular complexity index is 999. The quantitative estimate of drug-likeness (QED) is 0.550. The van der Waals surface area contributed by atoms with E-state index in [1.54, 1.807) is 25.1 Å². The molecule has 3 aromatic rings. The first-order valence-electron chi connectivity index (χ1n) is 5.82. The summed E-state index contributed by atoms with van der Waals surface area (Å²) >= 11 is 0. The van der Waals surface area contributed by atoms with Gasteiger partial charge in [-0.2, -0.15) is 8.42 Å². The van der Waals surface area contributed by atoms with Crippen LogP contribution in [0.2, 0.25) is 0 Å². The van der Waals surface area contributed by atoms with Crippen LogP contribution in [0.5, 0.6) is 0 Å². The van der Waals surface area contributed by atoms with Crippen molar-refractivity contribution >= 4 is 32.1 Å². The van der Waals surface area contributed by atoms with Crippen molar-refractivity contribution in [2.75, 3.05) is 0 Å². The molecule has 0 aliphatic carbocycles. The van der Waals surface area contributed by atoms with Gasteiger partial charge in [0.15, 0.2) is 5.58 Å². The SMILES string of the molecule is Cc1cccc2c(=O)c3cccc(S(=O)(=O)O)c3oc12. The molecule has 0 unspecified atom stereocenters. The lowest BCUT2D eigenvalue weighted by molar-refractivity contribution is 0.482. The Kier molecular flexibility index (Phi) is 2.67. The highest BCUT2D eigenvalue weighted by Gasteiger charge is 2.19. The van der Waals surface area contributed by atoms with Gasteiger partial charge in [0.2, 0.25) is 5.43 Å². The summed E-state index contributed by atoms with van der Waals surface area (Å²) in [6, 6.07) is 9.17. The molecule has 5 nitrogen and oxygen atoms in total. The molecule has 2 aromatic carbocycles. The van der Waals surface area contributed by atoms with E-state index in [-0.39, 0.29) is 16.4 Å². The highest BCUT2D eigenvalue weighted by molar-refractivity contribution is 7.86. The molecule has 0 fully saturated rings. The minimum atomic E-state index is -4.46. The molecule has 1 heterocycles. The van der Waals surface area contributed by atoms with Crippen LogP contribution in [0, 0.1) is 6.92 Å². The van der Waals surface area contributed by atoms with Crippen LogP contribution >= 0.6 is 0 Å². The smallest absolute Gasteiger partial charge is 0.298 e. The van der Waals surface area contributed by atoms with Gasteiger partial charge in [0.1, 0.15) is 10.5 Å². The molecule has 3 rings (SSSR count). The lowest BCUT2D eigenvalue weighted by Gasteiger charge is -2.06. The minimum Gasteiger partial charge on any atom is -0.454 e. The van der Waals surface area contributed by atoms with Crippen LogP contribution in [0.15, 0.2) is 50.5 Å². The zero-order valence-electron chi connectivity index (χ0n) is 10.5. The van der Waals surface area contributed by atoms with Crippen LogP contribution < -0.4 is 5.43 Å². The van der Waals surface area contributed by atoms with Gasteiger partial charge in [0, 0.05) is 0 Å². The van der Waals surface area contributed by atoms with Gasteiger partial charge in [-0.05, 0) is 30.7 Å². The summed E-state index contributed by atoms with van der Waals surface area (Å²) < 4.78 is 37.6. The van der Waals surface area contributed by atoms with Crippen LogP contribution in [-0.4, -0.2) is 13.0 Å². The fourth-order valence-corrected chi connectivity index (χ4v) is 2.85. The average molecular weight is 290 g/mol. The largest absolute Gasteiger partial charge is 0.454 e. The van der Waals surface area contributed by atoms with Gasteiger partial charge in [-0.25, -0.2) is 0 Å². The molecule has 0 saturated heterocycles. The van der Waals surface area contributed by atoms with E-state index in [4.69, 9.17) is 4.42 Å². The molecule has 102 valence electrons. The van der Waals surface area contributed by atoms with Crippen LogP contribution in [0.3, 0.4) is 0 Å². The zero-order valence-corrected chi connectivity index (χ0v) is 11.3. The van der Waals surface area contributed by atoms with E-state index in [1.807, 2.05) is 0 Å². The van der Waals surface area contributed by atoms with E-state index >= 15 is 0 Å². The van der Waals surface area contributed by atoms with E-state index in [9.17, 15) is 17.8 Å². The van der Waals surface area contributed by atoms with E-state index in [2.05, 4.69) is 0 Å². The number of rotatable bonds is 1. The van der Waals surface area contributed by atoms with Crippen molar-refractivity contribution in [3.63, 3.8) is 0 Å². The number of fused-ring (bicyclic) bond motifs is 2. The molecule has 0 aliphatic heterocycles. The summed E-state index contributed by atoms with van der Waals surface area (Å²) in [5, 5.41) is 0.503. The normalized spacial score (nSPS) is 12.1. The maximum atomic E-state index is 12.4. The van der Waals surface area contributed by atoms with Crippen molar-refractivity contribution in [3.8, 4) is 0 Å². The van der Waals surface area contributed by atoms with Crippen molar-refractivity contribution in [3.05, 3.63) is 52.2 Å².